The molecule has 0 heterocycles. The van der Waals surface area contributed by atoms with Gasteiger partial charge in [-0.15, -0.1) is 0 Å². The van der Waals surface area contributed by atoms with E-state index in [1.807, 2.05) is 12.2 Å². The lowest BCUT2D eigenvalue weighted by molar-refractivity contribution is 0.651. The van der Waals surface area contributed by atoms with Gasteiger partial charge in [-0.05, 0) is 43.3 Å². The van der Waals surface area contributed by atoms with Gasteiger partial charge in [-0.1, -0.05) is 56.4 Å². The van der Waals surface area contributed by atoms with E-state index in [2.05, 4.69) is 51.7 Å². The predicted molar refractivity (Wildman–Crippen MR) is 81.0 cm³/mol. The fraction of sp³-hybridized carbons (Fsp3) is 0.412. The minimum absolute atomic E-state index is 0.550. The second kappa shape index (κ2) is 7.05. The van der Waals surface area contributed by atoms with Crippen LogP contribution in [0.25, 0.3) is 0 Å². The molecule has 0 aromatic rings. The quantitative estimate of drug-likeness (QED) is 0.706. The summed E-state index contributed by atoms with van der Waals surface area (Å²) in [4.78, 5) is 0. The molecular formula is C17H25N. The molecule has 1 rings (SSSR count). The van der Waals surface area contributed by atoms with Crippen LogP contribution in [0.5, 0.6) is 0 Å². The van der Waals surface area contributed by atoms with Crippen molar-refractivity contribution in [3.8, 4) is 0 Å². The van der Waals surface area contributed by atoms with Crippen LogP contribution in [0.4, 0.5) is 0 Å². The third-order valence-corrected chi connectivity index (χ3v) is 3.45. The molecule has 0 bridgehead atoms. The Bertz CT molecular complexity index is 405. The van der Waals surface area contributed by atoms with Gasteiger partial charge < -0.3 is 5.73 Å². The van der Waals surface area contributed by atoms with Gasteiger partial charge in [0.25, 0.3) is 0 Å². The molecule has 0 fully saturated rings. The van der Waals surface area contributed by atoms with E-state index in [1.165, 1.54) is 11.1 Å². The van der Waals surface area contributed by atoms with Crippen LogP contribution in [0, 0.1) is 11.8 Å². The normalized spacial score (nSPS) is 21.1. The molecule has 0 spiro atoms. The maximum absolute atomic E-state index is 5.72. The van der Waals surface area contributed by atoms with Crippen molar-refractivity contribution in [3.63, 3.8) is 0 Å². The van der Waals surface area contributed by atoms with Gasteiger partial charge in [-0.3, -0.25) is 0 Å². The van der Waals surface area contributed by atoms with Crippen molar-refractivity contribution in [2.24, 2.45) is 17.6 Å². The zero-order valence-corrected chi connectivity index (χ0v) is 11.8. The van der Waals surface area contributed by atoms with Gasteiger partial charge in [-0.2, -0.15) is 0 Å². The molecule has 1 atom stereocenters. The Labute approximate surface area is 111 Å². The van der Waals surface area contributed by atoms with Crippen molar-refractivity contribution in [1.82, 2.24) is 0 Å². The number of nitrogens with two attached hydrogens (primary N) is 1. The summed E-state index contributed by atoms with van der Waals surface area (Å²) in [7, 11) is 0. The van der Waals surface area contributed by atoms with Gasteiger partial charge in [0.2, 0.25) is 0 Å². The summed E-state index contributed by atoms with van der Waals surface area (Å²) < 4.78 is 0. The lowest BCUT2D eigenvalue weighted by Crippen LogP contribution is -2.04. The maximum Gasteiger partial charge on any atom is 0.0270 e. The van der Waals surface area contributed by atoms with E-state index in [9.17, 15) is 0 Å². The Kier molecular flexibility index (Phi) is 5.70. The molecule has 0 aromatic heterocycles. The molecule has 1 aliphatic rings. The second-order valence-electron chi connectivity index (χ2n) is 5.27. The molecule has 2 N–H and O–H groups in total. The molecule has 0 aliphatic heterocycles. The minimum Gasteiger partial charge on any atom is -0.399 e. The highest BCUT2D eigenvalue weighted by atomic mass is 14.6. The van der Waals surface area contributed by atoms with E-state index in [0.717, 1.165) is 18.5 Å². The third-order valence-electron chi connectivity index (χ3n) is 3.45. The first-order valence-corrected chi connectivity index (χ1v) is 6.66. The second-order valence-corrected chi connectivity index (χ2v) is 5.27. The van der Waals surface area contributed by atoms with E-state index in [-0.39, 0.29) is 0 Å². The number of allylic oxidation sites excluding steroid dienone is 8. The van der Waals surface area contributed by atoms with Crippen molar-refractivity contribution >= 4 is 0 Å². The molecule has 0 saturated carbocycles. The first-order chi connectivity index (χ1) is 8.52. The van der Waals surface area contributed by atoms with Crippen LogP contribution in [-0.4, -0.2) is 0 Å². The van der Waals surface area contributed by atoms with Crippen LogP contribution in [0.3, 0.4) is 0 Å². The first kappa shape index (κ1) is 14.6. The fourth-order valence-electron chi connectivity index (χ4n) is 1.79. The molecule has 0 aromatic carbocycles. The third kappa shape index (κ3) is 4.79. The lowest BCUT2D eigenvalue weighted by atomic mass is 9.92. The van der Waals surface area contributed by atoms with Crippen molar-refractivity contribution in [2.45, 2.75) is 33.6 Å². The molecular weight excluding hydrogens is 218 g/mol. The van der Waals surface area contributed by atoms with Gasteiger partial charge in [0.05, 0.1) is 0 Å². The SMILES string of the molecule is C=C/C(=C\C=C(/C)C(C)C)CC1C=CC(N)=CC1. The van der Waals surface area contributed by atoms with Gasteiger partial charge in [0, 0.05) is 5.70 Å². The highest BCUT2D eigenvalue weighted by Crippen LogP contribution is 2.22. The van der Waals surface area contributed by atoms with Crippen molar-refractivity contribution in [1.29, 1.82) is 0 Å². The Morgan fingerprint density at radius 2 is 2.22 bits per heavy atom. The maximum atomic E-state index is 5.72. The Morgan fingerprint density at radius 1 is 1.50 bits per heavy atom. The summed E-state index contributed by atoms with van der Waals surface area (Å²) in [5.41, 5.74) is 9.29. The molecule has 1 aliphatic carbocycles. The van der Waals surface area contributed by atoms with Crippen LogP contribution >= 0.6 is 0 Å². The van der Waals surface area contributed by atoms with Gasteiger partial charge >= 0.3 is 0 Å². The summed E-state index contributed by atoms with van der Waals surface area (Å²) in [5.74, 6) is 1.15. The van der Waals surface area contributed by atoms with Crippen molar-refractivity contribution < 1.29 is 0 Å². The lowest BCUT2D eigenvalue weighted by Gasteiger charge is -2.15. The largest absolute Gasteiger partial charge is 0.399 e. The van der Waals surface area contributed by atoms with Crippen molar-refractivity contribution in [2.75, 3.05) is 0 Å². The van der Waals surface area contributed by atoms with E-state index < -0.39 is 0 Å². The molecule has 1 unspecified atom stereocenters. The van der Waals surface area contributed by atoms with E-state index in [4.69, 9.17) is 5.73 Å². The summed E-state index contributed by atoms with van der Waals surface area (Å²) >= 11 is 0. The monoisotopic (exact) mass is 243 g/mol. The van der Waals surface area contributed by atoms with Crippen molar-refractivity contribution in [3.05, 3.63) is 59.9 Å². The number of hydrogen-bond acceptors (Lipinski definition) is 1. The molecule has 0 saturated heterocycles. The van der Waals surface area contributed by atoms with Gasteiger partial charge in [0.1, 0.15) is 0 Å². The average Bonchev–Trinajstić information content (AvgIpc) is 2.36. The average molecular weight is 243 g/mol. The Morgan fingerprint density at radius 3 is 2.72 bits per heavy atom. The van der Waals surface area contributed by atoms with Crippen LogP contribution < -0.4 is 5.73 Å². The topological polar surface area (TPSA) is 26.0 Å². The van der Waals surface area contributed by atoms with Crippen LogP contribution in [0.1, 0.15) is 33.6 Å². The van der Waals surface area contributed by atoms with Gasteiger partial charge in [0.15, 0.2) is 0 Å². The van der Waals surface area contributed by atoms with E-state index in [1.54, 1.807) is 0 Å². The Balaban J connectivity index is 2.63. The zero-order chi connectivity index (χ0) is 13.5. The zero-order valence-electron chi connectivity index (χ0n) is 11.8. The summed E-state index contributed by atoms with van der Waals surface area (Å²) in [6.07, 6.45) is 14.7. The highest BCUT2D eigenvalue weighted by Gasteiger charge is 2.08. The molecule has 0 amide bonds. The van der Waals surface area contributed by atoms with Crippen LogP contribution in [0.2, 0.25) is 0 Å². The van der Waals surface area contributed by atoms with Crippen LogP contribution in [-0.2, 0) is 0 Å². The van der Waals surface area contributed by atoms with E-state index >= 15 is 0 Å². The minimum atomic E-state index is 0.550. The van der Waals surface area contributed by atoms with Crippen LogP contribution in [0.15, 0.2) is 59.9 Å². The molecule has 1 nitrogen and oxygen atoms in total. The highest BCUT2D eigenvalue weighted by molar-refractivity contribution is 5.28. The predicted octanol–water partition coefficient (Wildman–Crippen LogP) is 4.51. The number of hydrogen-bond donors (Lipinski definition) is 1. The molecule has 0 radical (unpaired) electrons. The standard InChI is InChI=1S/C17H25N/c1-5-15(7-6-14(4)13(2)3)12-16-8-10-17(18)11-9-16/h5-8,10-11,13,16H,1,9,12,18H2,2-4H3/b14-6+,15-7+. The first-order valence-electron chi connectivity index (χ1n) is 6.66. The summed E-state index contributed by atoms with van der Waals surface area (Å²) in [6.45, 7) is 10.5. The van der Waals surface area contributed by atoms with Gasteiger partial charge in [-0.25, -0.2) is 0 Å². The van der Waals surface area contributed by atoms with E-state index in [0.29, 0.717) is 11.8 Å². The fourth-order valence-corrected chi connectivity index (χ4v) is 1.79. The number of rotatable bonds is 5. The smallest absolute Gasteiger partial charge is 0.0270 e. The Hall–Kier alpha value is -1.50. The summed E-state index contributed by atoms with van der Waals surface area (Å²) in [5, 5.41) is 0. The molecule has 18 heavy (non-hydrogen) atoms. The molecule has 1 heteroatoms. The summed E-state index contributed by atoms with van der Waals surface area (Å²) in [6, 6.07) is 0. The molecule has 98 valence electrons.